The number of aromatic nitrogens is 2. The number of nitrogens with two attached hydrogens (primary N) is 1. The van der Waals surface area contributed by atoms with Gasteiger partial charge in [0.1, 0.15) is 11.3 Å². The topological polar surface area (TPSA) is 83.8 Å². The molecule has 2 heterocycles. The highest BCUT2D eigenvalue weighted by atomic mass is 16.1. The smallest absolute Gasteiger partial charge is 0.250 e. The van der Waals surface area contributed by atoms with Gasteiger partial charge in [0, 0.05) is 5.41 Å². The van der Waals surface area contributed by atoms with Crippen LogP contribution in [0.15, 0.2) is 18.2 Å². The van der Waals surface area contributed by atoms with Crippen LogP contribution in [0, 0.1) is 5.92 Å². The molecule has 23 heavy (non-hydrogen) atoms. The summed E-state index contributed by atoms with van der Waals surface area (Å²) in [5.41, 5.74) is 7.67. The first-order valence-electron chi connectivity index (χ1n) is 8.55. The fourth-order valence-corrected chi connectivity index (χ4v) is 3.74. The van der Waals surface area contributed by atoms with Crippen molar-refractivity contribution in [3.8, 4) is 0 Å². The van der Waals surface area contributed by atoms with Crippen molar-refractivity contribution < 1.29 is 4.79 Å². The predicted octanol–water partition coefficient (Wildman–Crippen LogP) is 2.72. The maximum atomic E-state index is 11.7. The molecule has 0 aliphatic carbocycles. The number of primary amides is 1. The molecular formula is C18H26N4O. The van der Waals surface area contributed by atoms with Crippen LogP contribution < -0.4 is 11.1 Å². The molecule has 5 nitrogen and oxygen atoms in total. The predicted molar refractivity (Wildman–Crippen MR) is 92.5 cm³/mol. The minimum atomic E-state index is -0.421. The molecular weight excluding hydrogens is 288 g/mol. The number of carbonyl (C=O) groups is 1. The van der Waals surface area contributed by atoms with Gasteiger partial charge in [0.05, 0.1) is 11.1 Å². The molecule has 1 unspecified atom stereocenters. The number of fused-ring (bicyclic) bond motifs is 1. The number of rotatable bonds is 5. The molecule has 3 rings (SSSR count). The van der Waals surface area contributed by atoms with Gasteiger partial charge < -0.3 is 16.0 Å². The quantitative estimate of drug-likeness (QED) is 0.793. The molecule has 2 aromatic rings. The number of piperidine rings is 1. The Morgan fingerprint density at radius 1 is 1.39 bits per heavy atom. The summed E-state index contributed by atoms with van der Waals surface area (Å²) in [7, 11) is 0. The third kappa shape index (κ3) is 2.98. The number of imidazole rings is 1. The van der Waals surface area contributed by atoms with Gasteiger partial charge in [-0.15, -0.1) is 0 Å². The highest BCUT2D eigenvalue weighted by Crippen LogP contribution is 2.39. The number of hydrogen-bond acceptors (Lipinski definition) is 3. The lowest BCUT2D eigenvalue weighted by Crippen LogP contribution is -2.41. The van der Waals surface area contributed by atoms with Gasteiger partial charge in [-0.05, 0) is 50.4 Å². The van der Waals surface area contributed by atoms with Crippen molar-refractivity contribution in [3.05, 3.63) is 29.6 Å². The molecule has 0 radical (unpaired) electrons. The average molecular weight is 314 g/mol. The number of nitrogens with one attached hydrogen (secondary N) is 2. The first-order chi connectivity index (χ1) is 11.1. The van der Waals surface area contributed by atoms with Crippen molar-refractivity contribution in [1.29, 1.82) is 0 Å². The van der Waals surface area contributed by atoms with E-state index in [4.69, 9.17) is 10.7 Å². The first kappa shape index (κ1) is 16.0. The zero-order valence-electron chi connectivity index (χ0n) is 14.0. The molecule has 1 fully saturated rings. The van der Waals surface area contributed by atoms with E-state index in [0.29, 0.717) is 17.0 Å². The van der Waals surface area contributed by atoms with Gasteiger partial charge in [-0.1, -0.05) is 26.3 Å². The van der Waals surface area contributed by atoms with E-state index in [0.717, 1.165) is 43.7 Å². The van der Waals surface area contributed by atoms with E-state index in [-0.39, 0.29) is 5.41 Å². The third-order valence-electron chi connectivity index (χ3n) is 5.28. The number of amides is 1. The summed E-state index contributed by atoms with van der Waals surface area (Å²) in [6, 6.07) is 5.57. The molecule has 0 spiro atoms. The van der Waals surface area contributed by atoms with Crippen LogP contribution in [-0.2, 0) is 5.41 Å². The van der Waals surface area contributed by atoms with E-state index >= 15 is 0 Å². The van der Waals surface area contributed by atoms with Gasteiger partial charge in [0.15, 0.2) is 0 Å². The Morgan fingerprint density at radius 2 is 2.13 bits per heavy atom. The molecule has 1 aromatic heterocycles. The van der Waals surface area contributed by atoms with E-state index in [1.54, 1.807) is 6.07 Å². The summed E-state index contributed by atoms with van der Waals surface area (Å²) >= 11 is 0. The Balaban J connectivity index is 2.07. The monoisotopic (exact) mass is 314 g/mol. The zero-order valence-corrected chi connectivity index (χ0v) is 14.0. The molecule has 1 aliphatic heterocycles. The van der Waals surface area contributed by atoms with Gasteiger partial charge in [-0.3, -0.25) is 4.79 Å². The normalized spacial score (nSPS) is 18.9. The third-order valence-corrected chi connectivity index (χ3v) is 5.28. The molecule has 0 saturated carbocycles. The number of hydrogen-bond donors (Lipinski definition) is 3. The highest BCUT2D eigenvalue weighted by molar-refractivity contribution is 6.04. The first-order valence-corrected chi connectivity index (χ1v) is 8.55. The molecule has 1 atom stereocenters. The van der Waals surface area contributed by atoms with Gasteiger partial charge in [0.2, 0.25) is 0 Å². The number of para-hydroxylation sites is 1. The maximum Gasteiger partial charge on any atom is 0.250 e. The number of carbonyl (C=O) groups excluding carboxylic acids is 1. The largest absolute Gasteiger partial charge is 0.366 e. The molecule has 1 aromatic carbocycles. The van der Waals surface area contributed by atoms with Crippen molar-refractivity contribution in [2.45, 2.75) is 44.9 Å². The van der Waals surface area contributed by atoms with Crippen LogP contribution >= 0.6 is 0 Å². The summed E-state index contributed by atoms with van der Waals surface area (Å²) in [6.07, 6.45) is 4.44. The van der Waals surface area contributed by atoms with Crippen LogP contribution in [0.2, 0.25) is 0 Å². The Hall–Kier alpha value is -1.88. The summed E-state index contributed by atoms with van der Waals surface area (Å²) in [6.45, 7) is 6.57. The lowest BCUT2D eigenvalue weighted by Gasteiger charge is -2.38. The molecule has 1 aliphatic rings. The number of nitrogens with zero attached hydrogens (tertiary/aromatic N) is 1. The van der Waals surface area contributed by atoms with Crippen LogP contribution in [0.25, 0.3) is 11.0 Å². The van der Waals surface area contributed by atoms with Crippen molar-refractivity contribution in [2.24, 2.45) is 11.7 Å². The highest BCUT2D eigenvalue weighted by Gasteiger charge is 2.37. The van der Waals surface area contributed by atoms with E-state index in [1.165, 1.54) is 6.42 Å². The van der Waals surface area contributed by atoms with E-state index in [2.05, 4.69) is 24.1 Å². The van der Waals surface area contributed by atoms with Crippen molar-refractivity contribution in [3.63, 3.8) is 0 Å². The van der Waals surface area contributed by atoms with E-state index in [9.17, 15) is 4.79 Å². The fourth-order valence-electron chi connectivity index (χ4n) is 3.74. The minimum Gasteiger partial charge on any atom is -0.366 e. The average Bonchev–Trinajstić information content (AvgIpc) is 3.00. The summed E-state index contributed by atoms with van der Waals surface area (Å²) < 4.78 is 0. The maximum absolute atomic E-state index is 11.7. The van der Waals surface area contributed by atoms with Gasteiger partial charge >= 0.3 is 0 Å². The van der Waals surface area contributed by atoms with Gasteiger partial charge in [-0.2, -0.15) is 0 Å². The van der Waals surface area contributed by atoms with Gasteiger partial charge in [0.25, 0.3) is 5.91 Å². The van der Waals surface area contributed by atoms with Crippen LogP contribution in [0.3, 0.4) is 0 Å². The van der Waals surface area contributed by atoms with Crippen LogP contribution in [-0.4, -0.2) is 29.0 Å². The fraction of sp³-hybridized carbons (Fsp3) is 0.556. The van der Waals surface area contributed by atoms with Crippen molar-refractivity contribution in [2.75, 3.05) is 13.1 Å². The number of benzene rings is 1. The minimum absolute atomic E-state index is 0.0641. The lowest BCUT2D eigenvalue weighted by molar-refractivity contribution is 0.100. The second-order valence-electron chi connectivity index (χ2n) is 6.90. The Labute approximate surface area is 137 Å². The van der Waals surface area contributed by atoms with Crippen LogP contribution in [0.1, 0.15) is 55.7 Å². The van der Waals surface area contributed by atoms with Crippen LogP contribution in [0.5, 0.6) is 0 Å². The molecule has 1 saturated heterocycles. The van der Waals surface area contributed by atoms with Crippen molar-refractivity contribution >= 4 is 16.9 Å². The van der Waals surface area contributed by atoms with E-state index < -0.39 is 5.91 Å². The second-order valence-corrected chi connectivity index (χ2v) is 6.90. The summed E-state index contributed by atoms with van der Waals surface area (Å²) in [5, 5.41) is 3.45. The molecule has 0 bridgehead atoms. The summed E-state index contributed by atoms with van der Waals surface area (Å²) in [5.74, 6) is 1.25. The van der Waals surface area contributed by atoms with Crippen LogP contribution in [0.4, 0.5) is 0 Å². The molecule has 1 amide bonds. The molecule has 124 valence electrons. The van der Waals surface area contributed by atoms with E-state index in [1.807, 2.05) is 12.1 Å². The Bertz CT molecular complexity index is 700. The number of aromatic amines is 1. The lowest BCUT2D eigenvalue weighted by atomic mass is 9.71. The Morgan fingerprint density at radius 3 is 2.78 bits per heavy atom. The van der Waals surface area contributed by atoms with Gasteiger partial charge in [-0.25, -0.2) is 4.98 Å². The zero-order chi connectivity index (χ0) is 16.4. The summed E-state index contributed by atoms with van der Waals surface area (Å²) in [4.78, 5) is 20.0. The Kier molecular flexibility index (Phi) is 4.39. The molecule has 5 heteroatoms. The second kappa shape index (κ2) is 6.32. The van der Waals surface area contributed by atoms with Crippen molar-refractivity contribution in [1.82, 2.24) is 15.3 Å². The SMILES string of the molecule is CCC(C)CC1(c2nc3c(C(N)=O)cccc3[nH]2)CCNCC1. The number of H-pyrrole nitrogens is 1. The standard InChI is InChI=1S/C18H26N4O/c1-3-12(2)11-18(7-9-20-10-8-18)17-21-14-6-4-5-13(16(19)23)15(14)22-17/h4-6,12,20H,3,7-11H2,1-2H3,(H2,19,23)(H,21,22). The molecule has 4 N–H and O–H groups in total.